The third kappa shape index (κ3) is 5.85. The molecule has 3 rings (SSSR count). The summed E-state index contributed by atoms with van der Waals surface area (Å²) in [5.41, 5.74) is 2.08. The number of methoxy groups -OCH3 is 1. The van der Waals surface area contributed by atoms with E-state index in [1.807, 2.05) is 49.4 Å². The summed E-state index contributed by atoms with van der Waals surface area (Å²) in [6.07, 6.45) is 1.83. The van der Waals surface area contributed by atoms with Gasteiger partial charge in [0.15, 0.2) is 0 Å². The molecule has 1 N–H and O–H groups in total. The van der Waals surface area contributed by atoms with Gasteiger partial charge in [-0.3, -0.25) is 4.79 Å². The second-order valence-corrected chi connectivity index (χ2v) is 7.31. The molecule has 1 atom stereocenters. The molecule has 0 aliphatic carbocycles. The molecular formula is C21H23N3O3S. The molecule has 1 amide bonds. The van der Waals surface area contributed by atoms with Crippen LogP contribution in [0.2, 0.25) is 0 Å². The summed E-state index contributed by atoms with van der Waals surface area (Å²) < 4.78 is 10.8. The molecule has 0 saturated heterocycles. The van der Waals surface area contributed by atoms with E-state index >= 15 is 0 Å². The maximum absolute atomic E-state index is 12.1. The summed E-state index contributed by atoms with van der Waals surface area (Å²) in [5.74, 6) is 1.37. The van der Waals surface area contributed by atoms with E-state index in [4.69, 9.17) is 9.15 Å². The summed E-state index contributed by atoms with van der Waals surface area (Å²) in [6, 6.07) is 17.7. The number of ether oxygens (including phenoxy) is 1. The SMILES string of the molecule is COc1ccc(-c2nnc(SCC(=O)N[C@@H](C)CCc3ccccc3)o2)cc1. The Hall–Kier alpha value is -2.80. The van der Waals surface area contributed by atoms with Crippen molar-refractivity contribution in [3.63, 3.8) is 0 Å². The second kappa shape index (κ2) is 9.94. The number of rotatable bonds is 9. The fourth-order valence-electron chi connectivity index (χ4n) is 2.66. The molecule has 1 aromatic heterocycles. The number of nitrogens with one attached hydrogen (secondary N) is 1. The van der Waals surface area contributed by atoms with E-state index in [0.29, 0.717) is 11.1 Å². The monoisotopic (exact) mass is 397 g/mol. The summed E-state index contributed by atoms with van der Waals surface area (Å²) in [4.78, 5) is 12.1. The molecule has 0 spiro atoms. The van der Waals surface area contributed by atoms with Crippen LogP contribution in [0.3, 0.4) is 0 Å². The molecule has 1 heterocycles. The molecule has 0 bridgehead atoms. The van der Waals surface area contributed by atoms with Gasteiger partial charge in [-0.15, -0.1) is 10.2 Å². The Morgan fingerprint density at radius 3 is 2.61 bits per heavy atom. The Kier molecular flexibility index (Phi) is 7.08. The third-order valence-electron chi connectivity index (χ3n) is 4.19. The highest BCUT2D eigenvalue weighted by molar-refractivity contribution is 7.99. The molecule has 2 aromatic carbocycles. The molecular weight excluding hydrogens is 374 g/mol. The fraction of sp³-hybridized carbons (Fsp3) is 0.286. The molecule has 7 heteroatoms. The van der Waals surface area contributed by atoms with Gasteiger partial charge in [-0.05, 0) is 49.6 Å². The Balaban J connectivity index is 1.43. The highest BCUT2D eigenvalue weighted by atomic mass is 32.2. The van der Waals surface area contributed by atoms with E-state index < -0.39 is 0 Å². The van der Waals surface area contributed by atoms with Gasteiger partial charge in [-0.2, -0.15) is 0 Å². The lowest BCUT2D eigenvalue weighted by Gasteiger charge is -2.13. The summed E-state index contributed by atoms with van der Waals surface area (Å²) in [6.45, 7) is 2.01. The van der Waals surface area contributed by atoms with Crippen LogP contribution in [0, 0.1) is 0 Å². The van der Waals surface area contributed by atoms with Crippen molar-refractivity contribution in [1.82, 2.24) is 15.5 Å². The van der Waals surface area contributed by atoms with Crippen molar-refractivity contribution < 1.29 is 13.9 Å². The van der Waals surface area contributed by atoms with Crippen LogP contribution < -0.4 is 10.1 Å². The minimum Gasteiger partial charge on any atom is -0.497 e. The van der Waals surface area contributed by atoms with Gasteiger partial charge in [0.2, 0.25) is 11.8 Å². The number of carbonyl (C=O) groups excluding carboxylic acids is 1. The lowest BCUT2D eigenvalue weighted by Crippen LogP contribution is -2.34. The number of hydrogen-bond donors (Lipinski definition) is 1. The number of hydrogen-bond acceptors (Lipinski definition) is 6. The third-order valence-corrected chi connectivity index (χ3v) is 5.00. The molecule has 0 aliphatic rings. The van der Waals surface area contributed by atoms with Gasteiger partial charge in [0, 0.05) is 11.6 Å². The minimum atomic E-state index is -0.0465. The molecule has 0 unspecified atom stereocenters. The van der Waals surface area contributed by atoms with Gasteiger partial charge in [-0.25, -0.2) is 0 Å². The van der Waals surface area contributed by atoms with Gasteiger partial charge in [0.25, 0.3) is 5.22 Å². The average molecular weight is 398 g/mol. The number of amides is 1. The number of nitrogens with zero attached hydrogens (tertiary/aromatic N) is 2. The van der Waals surface area contributed by atoms with E-state index in [9.17, 15) is 4.79 Å². The maximum Gasteiger partial charge on any atom is 0.277 e. The van der Waals surface area contributed by atoms with E-state index in [0.717, 1.165) is 24.2 Å². The Bertz CT molecular complexity index is 881. The van der Waals surface area contributed by atoms with Crippen molar-refractivity contribution in [2.45, 2.75) is 31.0 Å². The summed E-state index contributed by atoms with van der Waals surface area (Å²) >= 11 is 1.23. The average Bonchev–Trinajstić information content (AvgIpc) is 3.21. The van der Waals surface area contributed by atoms with Crippen molar-refractivity contribution in [2.75, 3.05) is 12.9 Å². The van der Waals surface area contributed by atoms with Crippen LogP contribution in [-0.4, -0.2) is 35.0 Å². The standard InChI is InChI=1S/C21H23N3O3S/c1-15(8-9-16-6-4-3-5-7-16)22-19(25)14-28-21-24-23-20(27-21)17-10-12-18(26-2)13-11-17/h3-7,10-13,15H,8-9,14H2,1-2H3,(H,22,25)/t15-/m0/s1. The summed E-state index contributed by atoms with van der Waals surface area (Å²) in [5, 5.41) is 11.4. The molecule has 0 radical (unpaired) electrons. The predicted molar refractivity (Wildman–Crippen MR) is 109 cm³/mol. The van der Waals surface area contributed by atoms with Crippen molar-refractivity contribution >= 4 is 17.7 Å². The van der Waals surface area contributed by atoms with Gasteiger partial charge >= 0.3 is 0 Å². The maximum atomic E-state index is 12.1. The predicted octanol–water partition coefficient (Wildman–Crippen LogP) is 3.97. The molecule has 28 heavy (non-hydrogen) atoms. The Labute approximate surface area is 168 Å². The van der Waals surface area contributed by atoms with E-state index in [-0.39, 0.29) is 17.7 Å². The first-order chi connectivity index (χ1) is 13.6. The van der Waals surface area contributed by atoms with Gasteiger partial charge in [0.05, 0.1) is 12.9 Å². The molecule has 146 valence electrons. The number of benzene rings is 2. The Morgan fingerprint density at radius 1 is 1.14 bits per heavy atom. The Morgan fingerprint density at radius 2 is 1.89 bits per heavy atom. The normalized spacial score (nSPS) is 11.8. The molecule has 3 aromatic rings. The molecule has 0 fully saturated rings. The zero-order valence-corrected chi connectivity index (χ0v) is 16.7. The summed E-state index contributed by atoms with van der Waals surface area (Å²) in [7, 11) is 1.62. The topological polar surface area (TPSA) is 77.2 Å². The molecule has 6 nitrogen and oxygen atoms in total. The van der Waals surface area contributed by atoms with Crippen LogP contribution in [0.4, 0.5) is 0 Å². The van der Waals surface area contributed by atoms with Crippen LogP contribution in [0.25, 0.3) is 11.5 Å². The zero-order chi connectivity index (χ0) is 19.8. The smallest absolute Gasteiger partial charge is 0.277 e. The molecule has 0 saturated carbocycles. The van der Waals surface area contributed by atoms with Crippen LogP contribution in [0.1, 0.15) is 18.9 Å². The highest BCUT2D eigenvalue weighted by Crippen LogP contribution is 2.24. The number of aryl methyl sites for hydroxylation is 1. The van der Waals surface area contributed by atoms with Gasteiger partial charge < -0.3 is 14.5 Å². The van der Waals surface area contributed by atoms with Gasteiger partial charge in [-0.1, -0.05) is 42.1 Å². The van der Waals surface area contributed by atoms with Crippen LogP contribution in [0.15, 0.2) is 64.2 Å². The van der Waals surface area contributed by atoms with Crippen LogP contribution in [-0.2, 0) is 11.2 Å². The van der Waals surface area contributed by atoms with E-state index in [1.54, 1.807) is 7.11 Å². The van der Waals surface area contributed by atoms with Gasteiger partial charge in [0.1, 0.15) is 5.75 Å². The fourth-order valence-corrected chi connectivity index (χ4v) is 3.24. The number of aromatic nitrogens is 2. The number of thioether (sulfide) groups is 1. The first kappa shape index (κ1) is 19.9. The van der Waals surface area contributed by atoms with Crippen molar-refractivity contribution in [3.05, 3.63) is 60.2 Å². The zero-order valence-electron chi connectivity index (χ0n) is 15.9. The first-order valence-corrected chi connectivity index (χ1v) is 10.1. The quantitative estimate of drug-likeness (QED) is 0.551. The minimum absolute atomic E-state index is 0.0465. The number of carbonyl (C=O) groups is 1. The van der Waals surface area contributed by atoms with Crippen LogP contribution in [0.5, 0.6) is 5.75 Å². The van der Waals surface area contributed by atoms with Crippen molar-refractivity contribution in [1.29, 1.82) is 0 Å². The first-order valence-electron chi connectivity index (χ1n) is 9.08. The highest BCUT2D eigenvalue weighted by Gasteiger charge is 2.13. The van der Waals surface area contributed by atoms with E-state index in [2.05, 4.69) is 27.6 Å². The largest absolute Gasteiger partial charge is 0.497 e. The second-order valence-electron chi connectivity index (χ2n) is 6.38. The lowest BCUT2D eigenvalue weighted by molar-refractivity contribution is -0.119. The lowest BCUT2D eigenvalue weighted by atomic mass is 10.1. The van der Waals surface area contributed by atoms with Crippen molar-refractivity contribution in [2.24, 2.45) is 0 Å². The van der Waals surface area contributed by atoms with Crippen LogP contribution >= 0.6 is 11.8 Å². The van der Waals surface area contributed by atoms with E-state index in [1.165, 1.54) is 17.3 Å². The molecule has 0 aliphatic heterocycles. The van der Waals surface area contributed by atoms with Crippen molar-refractivity contribution in [3.8, 4) is 17.2 Å².